The van der Waals surface area contributed by atoms with E-state index >= 15 is 0 Å². The number of esters is 1. The molecule has 1 aliphatic heterocycles. The first kappa shape index (κ1) is 18.4. The third-order valence-corrected chi connectivity index (χ3v) is 4.98. The number of ether oxygens (including phenoxy) is 3. The number of aliphatic hydroxyl groups excluding tert-OH is 1. The minimum atomic E-state index is -0.678. The SMILES string of the molecule is CO[C@@H]1[C@@H](OC(=O)c2ccccc2)[C@@H](CO)O[C@@H](CBr)C1(C)C. The number of hydrogen-bond donors (Lipinski definition) is 1. The van der Waals surface area contributed by atoms with Crippen LogP contribution in [-0.4, -0.2) is 54.5 Å². The Morgan fingerprint density at radius 1 is 1.35 bits per heavy atom. The van der Waals surface area contributed by atoms with Crippen molar-refractivity contribution in [1.82, 2.24) is 0 Å². The molecule has 0 spiro atoms. The smallest absolute Gasteiger partial charge is 0.338 e. The average Bonchev–Trinajstić information content (AvgIpc) is 2.55. The predicted molar refractivity (Wildman–Crippen MR) is 89.8 cm³/mol. The maximum atomic E-state index is 12.4. The highest BCUT2D eigenvalue weighted by Crippen LogP contribution is 2.40. The van der Waals surface area contributed by atoms with Crippen LogP contribution in [-0.2, 0) is 14.2 Å². The van der Waals surface area contributed by atoms with E-state index in [2.05, 4.69) is 15.9 Å². The van der Waals surface area contributed by atoms with Gasteiger partial charge in [0, 0.05) is 17.9 Å². The number of hydrogen-bond acceptors (Lipinski definition) is 5. The summed E-state index contributed by atoms with van der Waals surface area (Å²) in [5.41, 5.74) is 0.0745. The van der Waals surface area contributed by atoms with Gasteiger partial charge >= 0.3 is 5.97 Å². The van der Waals surface area contributed by atoms with Crippen molar-refractivity contribution in [1.29, 1.82) is 0 Å². The van der Waals surface area contributed by atoms with Crippen LogP contribution in [0.3, 0.4) is 0 Å². The molecule has 1 heterocycles. The maximum absolute atomic E-state index is 12.4. The van der Waals surface area contributed by atoms with Gasteiger partial charge in [0.05, 0.1) is 18.3 Å². The van der Waals surface area contributed by atoms with Gasteiger partial charge in [0.15, 0.2) is 6.10 Å². The summed E-state index contributed by atoms with van der Waals surface area (Å²) in [6.45, 7) is 3.76. The van der Waals surface area contributed by atoms with Crippen molar-refractivity contribution in [2.75, 3.05) is 19.0 Å². The van der Waals surface area contributed by atoms with Crippen molar-refractivity contribution in [3.05, 3.63) is 35.9 Å². The molecule has 6 heteroatoms. The van der Waals surface area contributed by atoms with E-state index in [9.17, 15) is 9.90 Å². The van der Waals surface area contributed by atoms with Gasteiger partial charge in [-0.2, -0.15) is 0 Å². The molecule has 0 aliphatic carbocycles. The Labute approximate surface area is 145 Å². The van der Waals surface area contributed by atoms with E-state index in [-0.39, 0.29) is 24.2 Å². The number of carbonyl (C=O) groups is 1. The van der Waals surface area contributed by atoms with Crippen LogP contribution in [0.5, 0.6) is 0 Å². The first-order valence-corrected chi connectivity index (χ1v) is 8.69. The van der Waals surface area contributed by atoms with Crippen molar-refractivity contribution in [3.63, 3.8) is 0 Å². The molecule has 0 aromatic heterocycles. The van der Waals surface area contributed by atoms with Crippen LogP contribution in [0.25, 0.3) is 0 Å². The molecule has 23 heavy (non-hydrogen) atoms. The third-order valence-electron chi connectivity index (χ3n) is 4.39. The maximum Gasteiger partial charge on any atom is 0.338 e. The Balaban J connectivity index is 2.24. The van der Waals surface area contributed by atoms with Gasteiger partial charge in [-0.25, -0.2) is 4.79 Å². The molecule has 4 atom stereocenters. The highest BCUT2D eigenvalue weighted by Gasteiger charge is 2.52. The van der Waals surface area contributed by atoms with Crippen LogP contribution >= 0.6 is 15.9 Å². The van der Waals surface area contributed by atoms with Gasteiger partial charge in [0.25, 0.3) is 0 Å². The normalized spacial score (nSPS) is 30.0. The molecule has 1 aliphatic rings. The van der Waals surface area contributed by atoms with Crippen LogP contribution in [0, 0.1) is 5.41 Å². The molecule has 0 radical (unpaired) electrons. The first-order valence-electron chi connectivity index (χ1n) is 7.56. The fourth-order valence-corrected chi connectivity index (χ4v) is 3.98. The minimum absolute atomic E-state index is 0.156. The van der Waals surface area contributed by atoms with Crippen LogP contribution in [0.2, 0.25) is 0 Å². The zero-order valence-electron chi connectivity index (χ0n) is 13.6. The Morgan fingerprint density at radius 3 is 2.52 bits per heavy atom. The van der Waals surface area contributed by atoms with Gasteiger partial charge in [0.2, 0.25) is 0 Å². The fourth-order valence-electron chi connectivity index (χ4n) is 2.99. The molecular formula is C17H23BrO5. The Kier molecular flexibility index (Phi) is 6.19. The number of methoxy groups -OCH3 is 1. The van der Waals surface area contributed by atoms with E-state index in [1.165, 1.54) is 0 Å². The Morgan fingerprint density at radius 2 is 2.00 bits per heavy atom. The zero-order valence-corrected chi connectivity index (χ0v) is 15.2. The molecular weight excluding hydrogens is 364 g/mol. The molecule has 0 saturated carbocycles. The number of halogens is 1. The van der Waals surface area contributed by atoms with Crippen molar-refractivity contribution in [2.24, 2.45) is 5.41 Å². The molecule has 1 aromatic rings. The Bertz CT molecular complexity index is 519. The predicted octanol–water partition coefficient (Wildman–Crippen LogP) is 2.41. The Hall–Kier alpha value is -0.950. The summed E-state index contributed by atoms with van der Waals surface area (Å²) in [7, 11) is 1.58. The van der Waals surface area contributed by atoms with Crippen molar-refractivity contribution < 1.29 is 24.1 Å². The second-order valence-electron chi connectivity index (χ2n) is 6.21. The summed E-state index contributed by atoms with van der Waals surface area (Å²) < 4.78 is 17.2. The van der Waals surface area contributed by atoms with Gasteiger partial charge in [-0.3, -0.25) is 0 Å². The summed E-state index contributed by atoms with van der Waals surface area (Å²) in [6.07, 6.45) is -1.84. The van der Waals surface area contributed by atoms with Gasteiger partial charge < -0.3 is 19.3 Å². The van der Waals surface area contributed by atoms with Crippen molar-refractivity contribution >= 4 is 21.9 Å². The second kappa shape index (κ2) is 7.75. The van der Waals surface area contributed by atoms with Gasteiger partial charge in [-0.05, 0) is 12.1 Å². The van der Waals surface area contributed by atoms with E-state index in [0.29, 0.717) is 10.9 Å². The molecule has 0 unspecified atom stereocenters. The molecule has 1 aromatic carbocycles. The number of alkyl halides is 1. The lowest BCUT2D eigenvalue weighted by Gasteiger charge is -2.50. The lowest BCUT2D eigenvalue weighted by atomic mass is 9.75. The topological polar surface area (TPSA) is 65.0 Å². The second-order valence-corrected chi connectivity index (χ2v) is 6.86. The van der Waals surface area contributed by atoms with Gasteiger partial charge in [-0.15, -0.1) is 0 Å². The van der Waals surface area contributed by atoms with E-state index in [1.54, 1.807) is 31.4 Å². The van der Waals surface area contributed by atoms with Crippen LogP contribution in [0.4, 0.5) is 0 Å². The number of aliphatic hydroxyl groups is 1. The number of carbonyl (C=O) groups excluding carboxylic acids is 1. The molecule has 0 amide bonds. The molecule has 128 valence electrons. The molecule has 2 rings (SSSR count). The van der Waals surface area contributed by atoms with Gasteiger partial charge in [-0.1, -0.05) is 48.0 Å². The van der Waals surface area contributed by atoms with Crippen LogP contribution in [0.15, 0.2) is 30.3 Å². The molecule has 1 N–H and O–H groups in total. The molecule has 5 nitrogen and oxygen atoms in total. The molecule has 0 bridgehead atoms. The number of rotatable bonds is 5. The molecule has 1 saturated heterocycles. The van der Waals surface area contributed by atoms with Crippen LogP contribution in [0.1, 0.15) is 24.2 Å². The lowest BCUT2D eigenvalue weighted by Crippen LogP contribution is -2.62. The van der Waals surface area contributed by atoms with Gasteiger partial charge in [0.1, 0.15) is 12.2 Å². The average molecular weight is 387 g/mol. The summed E-state index contributed by atoms with van der Waals surface area (Å²) in [6, 6.07) is 8.76. The first-order chi connectivity index (χ1) is 11.0. The summed E-state index contributed by atoms with van der Waals surface area (Å²) >= 11 is 3.44. The third kappa shape index (κ3) is 3.76. The quantitative estimate of drug-likeness (QED) is 0.621. The minimum Gasteiger partial charge on any atom is -0.453 e. The fraction of sp³-hybridized carbons (Fsp3) is 0.588. The highest BCUT2D eigenvalue weighted by molar-refractivity contribution is 9.09. The van der Waals surface area contributed by atoms with E-state index in [0.717, 1.165) is 0 Å². The van der Waals surface area contributed by atoms with E-state index in [4.69, 9.17) is 14.2 Å². The molecule has 1 fully saturated rings. The largest absolute Gasteiger partial charge is 0.453 e. The van der Waals surface area contributed by atoms with Crippen molar-refractivity contribution in [3.8, 4) is 0 Å². The van der Waals surface area contributed by atoms with E-state index < -0.39 is 18.2 Å². The monoisotopic (exact) mass is 386 g/mol. The summed E-state index contributed by atoms with van der Waals surface area (Å²) in [4.78, 5) is 12.4. The summed E-state index contributed by atoms with van der Waals surface area (Å²) in [5.74, 6) is -0.451. The highest BCUT2D eigenvalue weighted by atomic mass is 79.9. The van der Waals surface area contributed by atoms with E-state index in [1.807, 2.05) is 19.9 Å². The lowest BCUT2D eigenvalue weighted by molar-refractivity contribution is -0.237. The van der Waals surface area contributed by atoms with Crippen molar-refractivity contribution in [2.45, 2.75) is 38.3 Å². The summed E-state index contributed by atoms with van der Waals surface area (Å²) in [5, 5.41) is 10.3. The van der Waals surface area contributed by atoms with Crippen LogP contribution < -0.4 is 0 Å². The number of benzene rings is 1. The standard InChI is InChI=1S/C17H23BrO5/c1-17(2)13(9-18)22-12(10-19)14(15(17)21-3)23-16(20)11-7-5-4-6-8-11/h4-8,12-15,19H,9-10H2,1-3H3/t12-,13+,14+,15-/m1/s1. The zero-order chi connectivity index (χ0) is 17.0.